The summed E-state index contributed by atoms with van der Waals surface area (Å²) in [5.74, 6) is -0.116. The molecule has 0 saturated heterocycles. The van der Waals surface area contributed by atoms with E-state index in [9.17, 15) is 9.18 Å². The Morgan fingerprint density at radius 1 is 1.19 bits per heavy atom. The van der Waals surface area contributed by atoms with Crippen LogP contribution in [0.15, 0.2) is 48.5 Å². The molecule has 1 amide bonds. The predicted molar refractivity (Wildman–Crippen MR) is 82.3 cm³/mol. The van der Waals surface area contributed by atoms with Crippen LogP contribution in [0, 0.1) is 6.92 Å². The molecule has 1 heterocycles. The van der Waals surface area contributed by atoms with E-state index >= 15 is 0 Å². The number of nitrogens with one attached hydrogen (secondary N) is 1. The van der Waals surface area contributed by atoms with Gasteiger partial charge >= 0.3 is 0 Å². The molecule has 1 N–H and O–H groups in total. The predicted octanol–water partition coefficient (Wildman–Crippen LogP) is 3.46. The first-order valence-electron chi connectivity index (χ1n) is 7.00. The Labute approximate surface area is 123 Å². The van der Waals surface area contributed by atoms with Crippen LogP contribution in [0.1, 0.15) is 17.2 Å². The monoisotopic (exact) mass is 284 g/mol. The molecule has 0 aliphatic carbocycles. The quantitative estimate of drug-likeness (QED) is 0.936. The molecule has 0 fully saturated rings. The number of hydrogen-bond acceptors (Lipinski definition) is 2. The first kappa shape index (κ1) is 13.6. The van der Waals surface area contributed by atoms with Crippen molar-refractivity contribution >= 4 is 17.3 Å². The molecule has 0 radical (unpaired) electrons. The van der Waals surface area contributed by atoms with E-state index in [1.807, 2.05) is 55.5 Å². The van der Waals surface area contributed by atoms with Crippen LogP contribution in [-0.4, -0.2) is 19.1 Å². The molecule has 3 nitrogen and oxygen atoms in total. The van der Waals surface area contributed by atoms with Crippen molar-refractivity contribution in [3.8, 4) is 0 Å². The van der Waals surface area contributed by atoms with E-state index in [4.69, 9.17) is 0 Å². The van der Waals surface area contributed by atoms with Crippen molar-refractivity contribution in [3.63, 3.8) is 0 Å². The third-order valence-electron chi connectivity index (χ3n) is 3.70. The third-order valence-corrected chi connectivity index (χ3v) is 3.70. The molecular formula is C17H17FN2O. The van der Waals surface area contributed by atoms with Gasteiger partial charge in [-0.15, -0.1) is 0 Å². The van der Waals surface area contributed by atoms with Crippen molar-refractivity contribution in [1.29, 1.82) is 0 Å². The summed E-state index contributed by atoms with van der Waals surface area (Å²) in [6.45, 7) is 1.52. The zero-order chi connectivity index (χ0) is 14.8. The van der Waals surface area contributed by atoms with Crippen molar-refractivity contribution in [2.45, 2.75) is 13.0 Å². The Kier molecular flexibility index (Phi) is 3.60. The molecule has 0 bridgehead atoms. The van der Waals surface area contributed by atoms with Crippen molar-refractivity contribution < 1.29 is 9.18 Å². The average molecular weight is 284 g/mol. The van der Waals surface area contributed by atoms with Crippen molar-refractivity contribution in [2.75, 3.05) is 23.4 Å². The molecule has 2 aromatic rings. The van der Waals surface area contributed by atoms with Gasteiger partial charge in [0, 0.05) is 0 Å². The van der Waals surface area contributed by atoms with Gasteiger partial charge < -0.3 is 10.2 Å². The lowest BCUT2D eigenvalue weighted by Gasteiger charge is -2.35. The van der Waals surface area contributed by atoms with Crippen LogP contribution in [0.25, 0.3) is 0 Å². The van der Waals surface area contributed by atoms with Gasteiger partial charge in [-0.2, -0.15) is 0 Å². The number of benzene rings is 2. The highest BCUT2D eigenvalue weighted by Gasteiger charge is 2.33. The molecule has 3 rings (SSSR count). The summed E-state index contributed by atoms with van der Waals surface area (Å²) < 4.78 is 12.8. The number of amides is 1. The largest absolute Gasteiger partial charge is 0.368 e. The Balaban J connectivity index is 2.05. The lowest BCUT2D eigenvalue weighted by Crippen LogP contribution is -2.43. The van der Waals surface area contributed by atoms with E-state index in [0.717, 1.165) is 22.5 Å². The maximum absolute atomic E-state index is 12.8. The number of fused-ring (bicyclic) bond motifs is 1. The lowest BCUT2D eigenvalue weighted by atomic mass is 10.0. The Morgan fingerprint density at radius 3 is 2.67 bits per heavy atom. The molecule has 0 saturated carbocycles. The van der Waals surface area contributed by atoms with Crippen LogP contribution >= 0.6 is 0 Å². The fourth-order valence-corrected chi connectivity index (χ4v) is 2.68. The van der Waals surface area contributed by atoms with Gasteiger partial charge in [0.25, 0.3) is 5.91 Å². The Morgan fingerprint density at radius 2 is 1.95 bits per heavy atom. The highest BCUT2D eigenvalue weighted by atomic mass is 19.1. The number of rotatable bonds is 3. The molecule has 1 atom stereocenters. The smallest absolute Gasteiger partial charge is 0.254 e. The summed E-state index contributed by atoms with van der Waals surface area (Å²) in [4.78, 5) is 14.2. The molecule has 21 heavy (non-hydrogen) atoms. The second-order valence-electron chi connectivity index (χ2n) is 5.19. The zero-order valence-corrected chi connectivity index (χ0v) is 11.8. The molecule has 4 heteroatoms. The first-order valence-corrected chi connectivity index (χ1v) is 7.00. The Bertz CT molecular complexity index is 657. The van der Waals surface area contributed by atoms with E-state index in [1.54, 1.807) is 0 Å². The maximum atomic E-state index is 12.8. The number of alkyl halides is 1. The highest BCUT2D eigenvalue weighted by Crippen LogP contribution is 2.36. The minimum atomic E-state index is -0.555. The van der Waals surface area contributed by atoms with E-state index in [2.05, 4.69) is 5.32 Å². The molecule has 2 aromatic carbocycles. The first-order chi connectivity index (χ1) is 10.2. The van der Waals surface area contributed by atoms with Gasteiger partial charge in [-0.1, -0.05) is 36.4 Å². The van der Waals surface area contributed by atoms with Crippen LogP contribution in [0.4, 0.5) is 15.8 Å². The van der Waals surface area contributed by atoms with Crippen molar-refractivity contribution in [2.24, 2.45) is 0 Å². The summed E-state index contributed by atoms with van der Waals surface area (Å²) in [7, 11) is 0. The normalized spacial score (nSPS) is 17.3. The number of carbonyl (C=O) groups is 1. The number of halogens is 1. The molecule has 0 spiro atoms. The number of aryl methyl sites for hydroxylation is 1. The highest BCUT2D eigenvalue weighted by molar-refractivity contribution is 6.05. The number of hydrogen-bond donors (Lipinski definition) is 1. The summed E-state index contributed by atoms with van der Waals surface area (Å²) >= 11 is 0. The SMILES string of the molecule is Cc1ccc2c(c1)NC(c1ccccc1)C(=O)N2CCF. The van der Waals surface area contributed by atoms with E-state index < -0.39 is 12.7 Å². The molecule has 0 aromatic heterocycles. The van der Waals surface area contributed by atoms with Gasteiger partial charge in [0.15, 0.2) is 0 Å². The van der Waals surface area contributed by atoms with Gasteiger partial charge in [0.05, 0.1) is 17.9 Å². The third kappa shape index (κ3) is 2.49. The second kappa shape index (κ2) is 5.56. The van der Waals surface area contributed by atoms with Crippen LogP contribution in [-0.2, 0) is 4.79 Å². The maximum Gasteiger partial charge on any atom is 0.254 e. The number of anilines is 2. The minimum absolute atomic E-state index is 0.0832. The molecule has 1 unspecified atom stereocenters. The molecule has 1 aliphatic heterocycles. The van der Waals surface area contributed by atoms with E-state index in [0.29, 0.717) is 0 Å². The van der Waals surface area contributed by atoms with Crippen LogP contribution in [0.2, 0.25) is 0 Å². The van der Waals surface area contributed by atoms with Crippen molar-refractivity contribution in [3.05, 3.63) is 59.7 Å². The molecular weight excluding hydrogens is 267 g/mol. The van der Waals surface area contributed by atoms with Crippen LogP contribution in [0.5, 0.6) is 0 Å². The fraction of sp³-hybridized carbons (Fsp3) is 0.235. The number of carbonyl (C=O) groups excluding carboxylic acids is 1. The number of nitrogens with zero attached hydrogens (tertiary/aromatic N) is 1. The fourth-order valence-electron chi connectivity index (χ4n) is 2.68. The van der Waals surface area contributed by atoms with Gasteiger partial charge in [-0.05, 0) is 30.2 Å². The average Bonchev–Trinajstić information content (AvgIpc) is 2.51. The van der Waals surface area contributed by atoms with Gasteiger partial charge in [-0.3, -0.25) is 4.79 Å². The van der Waals surface area contributed by atoms with Crippen molar-refractivity contribution in [1.82, 2.24) is 0 Å². The summed E-state index contributed by atoms with van der Waals surface area (Å²) in [5.41, 5.74) is 3.61. The van der Waals surface area contributed by atoms with E-state index in [-0.39, 0.29) is 12.5 Å². The van der Waals surface area contributed by atoms with Gasteiger partial charge in [0.1, 0.15) is 12.7 Å². The molecule has 108 valence electrons. The summed E-state index contributed by atoms with van der Waals surface area (Å²) in [5, 5.41) is 3.28. The van der Waals surface area contributed by atoms with Gasteiger partial charge in [0.2, 0.25) is 0 Å². The topological polar surface area (TPSA) is 32.3 Å². The molecule has 1 aliphatic rings. The van der Waals surface area contributed by atoms with Crippen LogP contribution < -0.4 is 10.2 Å². The Hall–Kier alpha value is -2.36. The van der Waals surface area contributed by atoms with Crippen LogP contribution in [0.3, 0.4) is 0 Å². The summed E-state index contributed by atoms with van der Waals surface area (Å²) in [6.07, 6.45) is 0. The lowest BCUT2D eigenvalue weighted by molar-refractivity contribution is -0.119. The standard InChI is InChI=1S/C17H17FN2O/c1-12-7-8-15-14(11-12)19-16(13-5-3-2-4-6-13)17(21)20(15)10-9-18/h2-8,11,16,19H,9-10H2,1H3. The minimum Gasteiger partial charge on any atom is -0.368 e. The second-order valence-corrected chi connectivity index (χ2v) is 5.19. The summed E-state index contributed by atoms with van der Waals surface area (Å²) in [6, 6.07) is 14.8. The van der Waals surface area contributed by atoms with Gasteiger partial charge in [-0.25, -0.2) is 4.39 Å². The zero-order valence-electron chi connectivity index (χ0n) is 11.8. The van der Waals surface area contributed by atoms with E-state index in [1.165, 1.54) is 4.90 Å².